The Balaban J connectivity index is 2.02. The van der Waals surface area contributed by atoms with Gasteiger partial charge in [0, 0.05) is 15.3 Å². The highest BCUT2D eigenvalue weighted by molar-refractivity contribution is 7.12. The minimum absolute atomic E-state index is 0.0542. The minimum Gasteiger partial charge on any atom is -0.507 e. The average Bonchev–Trinajstić information content (AvgIpc) is 2.75. The van der Waals surface area contributed by atoms with Crippen molar-refractivity contribution in [1.82, 2.24) is 0 Å². The zero-order chi connectivity index (χ0) is 14.7. The number of phenols is 1. The molecule has 0 saturated heterocycles. The van der Waals surface area contributed by atoms with Gasteiger partial charge in [0.2, 0.25) is 5.78 Å². The SMILES string of the molecule is Cc1cc(C(=O)COC(=O)c2ccccc2O)c(C)s1. The van der Waals surface area contributed by atoms with E-state index >= 15 is 0 Å². The summed E-state index contributed by atoms with van der Waals surface area (Å²) in [6, 6.07) is 7.85. The summed E-state index contributed by atoms with van der Waals surface area (Å²) in [6.07, 6.45) is 0. The molecular formula is C15H14O4S. The number of ether oxygens (including phenoxy) is 1. The Labute approximate surface area is 120 Å². The highest BCUT2D eigenvalue weighted by Gasteiger charge is 2.16. The largest absolute Gasteiger partial charge is 0.507 e. The maximum absolute atomic E-state index is 12.0. The third-order valence-corrected chi connectivity index (χ3v) is 3.77. The monoisotopic (exact) mass is 290 g/mol. The zero-order valence-corrected chi connectivity index (χ0v) is 12.0. The molecule has 0 amide bonds. The van der Waals surface area contributed by atoms with Crippen LogP contribution in [0.15, 0.2) is 30.3 Å². The normalized spacial score (nSPS) is 10.3. The molecule has 20 heavy (non-hydrogen) atoms. The first kappa shape index (κ1) is 14.3. The lowest BCUT2D eigenvalue weighted by atomic mass is 10.1. The van der Waals surface area contributed by atoms with Crippen LogP contribution >= 0.6 is 11.3 Å². The van der Waals surface area contributed by atoms with Crippen molar-refractivity contribution in [2.45, 2.75) is 13.8 Å². The molecule has 0 fully saturated rings. The summed E-state index contributed by atoms with van der Waals surface area (Å²) in [5.41, 5.74) is 0.635. The fraction of sp³-hybridized carbons (Fsp3) is 0.200. The third-order valence-electron chi connectivity index (χ3n) is 2.80. The van der Waals surface area contributed by atoms with Crippen LogP contribution in [0.25, 0.3) is 0 Å². The van der Waals surface area contributed by atoms with E-state index in [2.05, 4.69) is 0 Å². The van der Waals surface area contributed by atoms with Crippen molar-refractivity contribution in [2.24, 2.45) is 0 Å². The average molecular weight is 290 g/mol. The van der Waals surface area contributed by atoms with Crippen molar-refractivity contribution in [2.75, 3.05) is 6.61 Å². The molecule has 0 saturated carbocycles. The number of benzene rings is 1. The second-order valence-corrected chi connectivity index (χ2v) is 5.80. The van der Waals surface area contributed by atoms with E-state index in [-0.39, 0.29) is 23.7 Å². The Morgan fingerprint density at radius 2 is 1.90 bits per heavy atom. The molecule has 0 unspecified atom stereocenters. The zero-order valence-electron chi connectivity index (χ0n) is 11.2. The molecular weight excluding hydrogens is 276 g/mol. The van der Waals surface area contributed by atoms with Gasteiger partial charge in [-0.1, -0.05) is 12.1 Å². The summed E-state index contributed by atoms with van der Waals surface area (Å²) in [6.45, 7) is 3.45. The second kappa shape index (κ2) is 5.88. The van der Waals surface area contributed by atoms with E-state index in [1.165, 1.54) is 23.5 Å². The van der Waals surface area contributed by atoms with E-state index in [9.17, 15) is 14.7 Å². The lowest BCUT2D eigenvalue weighted by molar-refractivity contribution is 0.0471. The molecule has 0 radical (unpaired) electrons. The number of carbonyl (C=O) groups is 2. The fourth-order valence-corrected chi connectivity index (χ4v) is 2.78. The van der Waals surface area contributed by atoms with Gasteiger partial charge in [-0.3, -0.25) is 4.79 Å². The number of aryl methyl sites for hydroxylation is 2. The van der Waals surface area contributed by atoms with E-state index in [0.717, 1.165) is 9.75 Å². The van der Waals surface area contributed by atoms with Gasteiger partial charge in [0.25, 0.3) is 0 Å². The van der Waals surface area contributed by atoms with Gasteiger partial charge in [0.1, 0.15) is 11.3 Å². The molecule has 0 aliphatic rings. The summed E-state index contributed by atoms with van der Waals surface area (Å²) in [4.78, 5) is 25.7. The molecule has 1 aromatic carbocycles. The molecule has 1 N–H and O–H groups in total. The molecule has 4 nitrogen and oxygen atoms in total. The van der Waals surface area contributed by atoms with Crippen LogP contribution in [-0.4, -0.2) is 23.5 Å². The van der Waals surface area contributed by atoms with Crippen molar-refractivity contribution >= 4 is 23.1 Å². The second-order valence-electron chi connectivity index (χ2n) is 4.34. The minimum atomic E-state index is -0.707. The highest BCUT2D eigenvalue weighted by atomic mass is 32.1. The summed E-state index contributed by atoms with van der Waals surface area (Å²) in [5.74, 6) is -1.11. The molecule has 0 atom stereocenters. The van der Waals surface area contributed by atoms with Crippen molar-refractivity contribution in [3.05, 3.63) is 51.2 Å². The first-order valence-corrected chi connectivity index (χ1v) is 6.86. The van der Waals surface area contributed by atoms with E-state index < -0.39 is 5.97 Å². The first-order valence-electron chi connectivity index (χ1n) is 6.04. The number of esters is 1. The van der Waals surface area contributed by atoms with Gasteiger partial charge in [-0.05, 0) is 32.0 Å². The Morgan fingerprint density at radius 3 is 2.50 bits per heavy atom. The van der Waals surface area contributed by atoms with Crippen LogP contribution in [0.2, 0.25) is 0 Å². The summed E-state index contributed by atoms with van der Waals surface area (Å²) >= 11 is 1.53. The van der Waals surface area contributed by atoms with Crippen LogP contribution in [0.3, 0.4) is 0 Å². The van der Waals surface area contributed by atoms with Gasteiger partial charge in [0.05, 0.1) is 0 Å². The Hall–Kier alpha value is -2.14. The van der Waals surface area contributed by atoms with Crippen LogP contribution in [0.1, 0.15) is 30.5 Å². The van der Waals surface area contributed by atoms with Crippen LogP contribution in [-0.2, 0) is 4.74 Å². The predicted octanol–water partition coefficient (Wildman–Crippen LogP) is 3.11. The van der Waals surface area contributed by atoms with Gasteiger partial charge >= 0.3 is 5.97 Å². The molecule has 2 aromatic rings. The lowest BCUT2D eigenvalue weighted by Crippen LogP contribution is -2.14. The summed E-state index contributed by atoms with van der Waals surface area (Å²) < 4.78 is 4.95. The number of para-hydroxylation sites is 1. The smallest absolute Gasteiger partial charge is 0.342 e. The molecule has 0 aliphatic carbocycles. The molecule has 2 rings (SSSR count). The number of phenolic OH excluding ortho intramolecular Hbond substituents is 1. The quantitative estimate of drug-likeness (QED) is 0.694. The fourth-order valence-electron chi connectivity index (χ4n) is 1.84. The lowest BCUT2D eigenvalue weighted by Gasteiger charge is -2.05. The van der Waals surface area contributed by atoms with Crippen LogP contribution in [0.5, 0.6) is 5.75 Å². The van der Waals surface area contributed by atoms with Crippen LogP contribution in [0, 0.1) is 13.8 Å². The van der Waals surface area contributed by atoms with Crippen molar-refractivity contribution in [3.63, 3.8) is 0 Å². The Bertz CT molecular complexity index is 658. The van der Waals surface area contributed by atoms with Gasteiger partial charge in [-0.15, -0.1) is 11.3 Å². The van der Waals surface area contributed by atoms with Crippen LogP contribution < -0.4 is 0 Å². The molecule has 1 heterocycles. The number of thiophene rings is 1. The standard InChI is InChI=1S/C15H14O4S/c1-9-7-12(10(2)20-9)14(17)8-19-15(18)11-5-3-4-6-13(11)16/h3-7,16H,8H2,1-2H3. The van der Waals surface area contributed by atoms with Crippen molar-refractivity contribution < 1.29 is 19.4 Å². The van der Waals surface area contributed by atoms with Crippen LogP contribution in [0.4, 0.5) is 0 Å². The predicted molar refractivity (Wildman–Crippen MR) is 76.5 cm³/mol. The van der Waals surface area contributed by atoms with Crippen molar-refractivity contribution in [1.29, 1.82) is 0 Å². The highest BCUT2D eigenvalue weighted by Crippen LogP contribution is 2.21. The van der Waals surface area contributed by atoms with Crippen molar-refractivity contribution in [3.8, 4) is 5.75 Å². The van der Waals surface area contributed by atoms with Gasteiger partial charge in [-0.25, -0.2) is 4.79 Å². The number of carbonyl (C=O) groups excluding carboxylic acids is 2. The number of rotatable bonds is 4. The molecule has 0 bridgehead atoms. The Kier molecular flexibility index (Phi) is 4.20. The Morgan fingerprint density at radius 1 is 1.20 bits per heavy atom. The third kappa shape index (κ3) is 3.05. The molecule has 0 aliphatic heterocycles. The maximum Gasteiger partial charge on any atom is 0.342 e. The number of ketones is 1. The number of Topliss-reactive ketones (excluding diaryl/α,β-unsaturated/α-hetero) is 1. The molecule has 104 valence electrons. The summed E-state index contributed by atoms with van der Waals surface area (Å²) in [7, 11) is 0. The van der Waals surface area contributed by atoms with E-state index in [1.807, 2.05) is 13.8 Å². The number of hydrogen-bond acceptors (Lipinski definition) is 5. The van der Waals surface area contributed by atoms with Gasteiger partial charge in [0.15, 0.2) is 6.61 Å². The van der Waals surface area contributed by atoms with Gasteiger partial charge < -0.3 is 9.84 Å². The molecule has 0 spiro atoms. The summed E-state index contributed by atoms with van der Waals surface area (Å²) in [5, 5.41) is 9.53. The molecule has 5 heteroatoms. The van der Waals surface area contributed by atoms with E-state index in [1.54, 1.807) is 18.2 Å². The maximum atomic E-state index is 12.0. The van der Waals surface area contributed by atoms with Gasteiger partial charge in [-0.2, -0.15) is 0 Å². The number of aromatic hydroxyl groups is 1. The topological polar surface area (TPSA) is 63.6 Å². The number of hydrogen-bond donors (Lipinski definition) is 1. The first-order chi connectivity index (χ1) is 9.49. The van der Waals surface area contributed by atoms with E-state index in [4.69, 9.17) is 4.74 Å². The van der Waals surface area contributed by atoms with E-state index in [0.29, 0.717) is 5.56 Å². The molecule has 1 aromatic heterocycles.